The fourth-order valence-corrected chi connectivity index (χ4v) is 2.51. The molecule has 1 heterocycles. The van der Waals surface area contributed by atoms with Crippen molar-refractivity contribution in [2.75, 3.05) is 0 Å². The first-order valence-corrected chi connectivity index (χ1v) is 6.76. The maximum absolute atomic E-state index is 12.3. The van der Waals surface area contributed by atoms with Crippen LogP contribution in [0.3, 0.4) is 0 Å². The molecule has 94 valence electrons. The Bertz CT molecular complexity index is 555. The molecule has 0 unspecified atom stereocenters. The Labute approximate surface area is 111 Å². The van der Waals surface area contributed by atoms with Gasteiger partial charge >= 0.3 is 0 Å². The highest BCUT2D eigenvalue weighted by atomic mass is 32.1. The normalized spacial score (nSPS) is 10.7. The van der Waals surface area contributed by atoms with Crippen molar-refractivity contribution in [3.8, 4) is 5.75 Å². The van der Waals surface area contributed by atoms with Gasteiger partial charge in [0.05, 0.1) is 11.0 Å². The molecule has 3 heteroatoms. The van der Waals surface area contributed by atoms with E-state index in [1.807, 2.05) is 51.1 Å². The van der Waals surface area contributed by atoms with Crippen LogP contribution in [0.25, 0.3) is 0 Å². The summed E-state index contributed by atoms with van der Waals surface area (Å²) in [5.74, 6) is 0.798. The summed E-state index contributed by atoms with van der Waals surface area (Å²) >= 11 is 1.52. The SMILES string of the molecule is Cc1ccc(C(=O)c2cccc(OC(C)C)c2)s1. The molecule has 0 radical (unpaired) electrons. The Morgan fingerprint density at radius 1 is 1.22 bits per heavy atom. The first-order chi connectivity index (χ1) is 8.56. The number of rotatable bonds is 4. The van der Waals surface area contributed by atoms with Crippen molar-refractivity contribution < 1.29 is 9.53 Å². The monoisotopic (exact) mass is 260 g/mol. The van der Waals surface area contributed by atoms with Gasteiger partial charge in [-0.25, -0.2) is 0 Å². The molecule has 0 amide bonds. The summed E-state index contributed by atoms with van der Waals surface area (Å²) in [5, 5.41) is 0. The third kappa shape index (κ3) is 2.99. The zero-order valence-corrected chi connectivity index (χ0v) is 11.6. The van der Waals surface area contributed by atoms with Crippen LogP contribution >= 0.6 is 11.3 Å². The quantitative estimate of drug-likeness (QED) is 0.774. The van der Waals surface area contributed by atoms with E-state index in [9.17, 15) is 4.79 Å². The summed E-state index contributed by atoms with van der Waals surface area (Å²) in [4.78, 5) is 14.2. The second-order valence-corrected chi connectivity index (χ2v) is 5.72. The molecule has 0 aliphatic rings. The number of ketones is 1. The molecule has 0 saturated carbocycles. The van der Waals surface area contributed by atoms with Crippen molar-refractivity contribution in [2.24, 2.45) is 0 Å². The summed E-state index contributed by atoms with van der Waals surface area (Å²) < 4.78 is 5.60. The van der Waals surface area contributed by atoms with Crippen molar-refractivity contribution in [3.05, 3.63) is 51.7 Å². The fraction of sp³-hybridized carbons (Fsp3) is 0.267. The van der Waals surface area contributed by atoms with E-state index in [4.69, 9.17) is 4.74 Å². The topological polar surface area (TPSA) is 26.3 Å². The Morgan fingerprint density at radius 2 is 2.00 bits per heavy atom. The number of aryl methyl sites for hydroxylation is 1. The largest absolute Gasteiger partial charge is 0.491 e. The van der Waals surface area contributed by atoms with Gasteiger partial charge in [-0.15, -0.1) is 11.3 Å². The summed E-state index contributed by atoms with van der Waals surface area (Å²) in [6.07, 6.45) is 0.110. The van der Waals surface area contributed by atoms with E-state index >= 15 is 0 Å². The Hall–Kier alpha value is -1.61. The van der Waals surface area contributed by atoms with Crippen molar-refractivity contribution >= 4 is 17.1 Å². The van der Waals surface area contributed by atoms with E-state index in [0.29, 0.717) is 5.56 Å². The Kier molecular flexibility index (Phi) is 3.82. The summed E-state index contributed by atoms with van der Waals surface area (Å²) in [5.41, 5.74) is 0.676. The second-order valence-electron chi connectivity index (χ2n) is 4.43. The molecule has 1 aromatic carbocycles. The maximum atomic E-state index is 12.3. The van der Waals surface area contributed by atoms with Crippen LogP contribution in [0.15, 0.2) is 36.4 Å². The smallest absolute Gasteiger partial charge is 0.203 e. The van der Waals surface area contributed by atoms with Gasteiger partial charge in [0.25, 0.3) is 0 Å². The lowest BCUT2D eigenvalue weighted by molar-refractivity contribution is 0.104. The van der Waals surface area contributed by atoms with Gasteiger partial charge < -0.3 is 4.74 Å². The molecule has 0 fully saturated rings. The maximum Gasteiger partial charge on any atom is 0.203 e. The number of hydrogen-bond donors (Lipinski definition) is 0. The molecule has 18 heavy (non-hydrogen) atoms. The molecule has 0 atom stereocenters. The molecule has 2 aromatic rings. The molecule has 1 aromatic heterocycles. The average Bonchev–Trinajstić information content (AvgIpc) is 2.74. The Morgan fingerprint density at radius 3 is 2.61 bits per heavy atom. The van der Waals surface area contributed by atoms with Gasteiger partial charge in [-0.3, -0.25) is 4.79 Å². The number of carbonyl (C=O) groups is 1. The summed E-state index contributed by atoms with van der Waals surface area (Å²) in [6, 6.07) is 11.2. The lowest BCUT2D eigenvalue weighted by Gasteiger charge is -2.10. The minimum absolute atomic E-state index is 0.0577. The lowest BCUT2D eigenvalue weighted by atomic mass is 10.1. The van der Waals surface area contributed by atoms with E-state index < -0.39 is 0 Å². The highest BCUT2D eigenvalue weighted by Gasteiger charge is 2.12. The van der Waals surface area contributed by atoms with E-state index in [0.717, 1.165) is 15.5 Å². The van der Waals surface area contributed by atoms with Crippen molar-refractivity contribution in [3.63, 3.8) is 0 Å². The van der Waals surface area contributed by atoms with E-state index in [2.05, 4.69) is 0 Å². The standard InChI is InChI=1S/C15H16O2S/c1-10(2)17-13-6-4-5-12(9-13)15(16)14-8-7-11(3)18-14/h4-10H,1-3H3. The predicted octanol–water partition coefficient (Wildman–Crippen LogP) is 4.07. The molecule has 0 aliphatic carbocycles. The molecule has 0 aliphatic heterocycles. The molecule has 0 saturated heterocycles. The molecule has 2 nitrogen and oxygen atoms in total. The highest BCUT2D eigenvalue weighted by Crippen LogP contribution is 2.22. The molecule has 0 spiro atoms. The molecule has 0 N–H and O–H groups in total. The van der Waals surface area contributed by atoms with Crippen LogP contribution in [0.4, 0.5) is 0 Å². The zero-order chi connectivity index (χ0) is 13.1. The molecular weight excluding hydrogens is 244 g/mol. The Balaban J connectivity index is 2.25. The molecule has 2 rings (SSSR count). The number of benzene rings is 1. The van der Waals surface area contributed by atoms with Crippen LogP contribution in [-0.4, -0.2) is 11.9 Å². The third-order valence-corrected chi connectivity index (χ3v) is 3.43. The number of hydrogen-bond acceptors (Lipinski definition) is 3. The predicted molar refractivity (Wildman–Crippen MR) is 74.7 cm³/mol. The second kappa shape index (κ2) is 5.36. The van der Waals surface area contributed by atoms with Crippen molar-refractivity contribution in [2.45, 2.75) is 26.9 Å². The first-order valence-electron chi connectivity index (χ1n) is 5.94. The van der Waals surface area contributed by atoms with Crippen molar-refractivity contribution in [1.82, 2.24) is 0 Å². The van der Waals surface area contributed by atoms with Crippen LogP contribution in [0, 0.1) is 6.92 Å². The minimum atomic E-state index is 0.0577. The van der Waals surface area contributed by atoms with Crippen LogP contribution in [-0.2, 0) is 0 Å². The molecule has 0 bridgehead atoms. The van der Waals surface area contributed by atoms with Gasteiger partial charge in [-0.05, 0) is 45.0 Å². The van der Waals surface area contributed by atoms with Crippen LogP contribution < -0.4 is 4.74 Å². The number of carbonyl (C=O) groups excluding carboxylic acids is 1. The summed E-state index contributed by atoms with van der Waals surface area (Å²) in [6.45, 7) is 5.94. The van der Waals surface area contributed by atoms with Gasteiger partial charge in [0.2, 0.25) is 5.78 Å². The van der Waals surface area contributed by atoms with Crippen LogP contribution in [0.2, 0.25) is 0 Å². The zero-order valence-electron chi connectivity index (χ0n) is 10.8. The highest BCUT2D eigenvalue weighted by molar-refractivity contribution is 7.14. The van der Waals surface area contributed by atoms with E-state index in [1.165, 1.54) is 11.3 Å². The average molecular weight is 260 g/mol. The van der Waals surface area contributed by atoms with Gasteiger partial charge in [-0.1, -0.05) is 12.1 Å². The van der Waals surface area contributed by atoms with E-state index in [-0.39, 0.29) is 11.9 Å². The van der Waals surface area contributed by atoms with Gasteiger partial charge in [0.1, 0.15) is 5.75 Å². The minimum Gasteiger partial charge on any atom is -0.491 e. The van der Waals surface area contributed by atoms with Crippen LogP contribution in [0.1, 0.15) is 34.0 Å². The summed E-state index contributed by atoms with van der Waals surface area (Å²) in [7, 11) is 0. The van der Waals surface area contributed by atoms with Crippen LogP contribution in [0.5, 0.6) is 5.75 Å². The van der Waals surface area contributed by atoms with E-state index in [1.54, 1.807) is 6.07 Å². The van der Waals surface area contributed by atoms with Gasteiger partial charge in [0, 0.05) is 10.4 Å². The van der Waals surface area contributed by atoms with Crippen molar-refractivity contribution in [1.29, 1.82) is 0 Å². The number of thiophene rings is 1. The number of ether oxygens (including phenoxy) is 1. The third-order valence-electron chi connectivity index (χ3n) is 2.43. The van der Waals surface area contributed by atoms with Gasteiger partial charge in [-0.2, -0.15) is 0 Å². The molecular formula is C15H16O2S. The lowest BCUT2D eigenvalue weighted by Crippen LogP contribution is -2.06. The first kappa shape index (κ1) is 12.8. The fourth-order valence-electron chi connectivity index (χ4n) is 1.68. The van der Waals surface area contributed by atoms with Gasteiger partial charge in [0.15, 0.2) is 0 Å².